The highest BCUT2D eigenvalue weighted by Gasteiger charge is 2.46. The summed E-state index contributed by atoms with van der Waals surface area (Å²) in [6.45, 7) is 3.09. The van der Waals surface area contributed by atoms with Crippen LogP contribution in [0.25, 0.3) is 0 Å². The number of rotatable bonds is 9. The van der Waals surface area contributed by atoms with Crippen molar-refractivity contribution in [2.24, 2.45) is 5.92 Å². The van der Waals surface area contributed by atoms with E-state index in [1.54, 1.807) is 27.3 Å². The molecule has 2 amide bonds. The molecule has 2 aliphatic rings. The van der Waals surface area contributed by atoms with Gasteiger partial charge in [0.25, 0.3) is 11.8 Å². The first-order valence-electron chi connectivity index (χ1n) is 13.4. The zero-order valence-electron chi connectivity index (χ0n) is 22.9. The quantitative estimate of drug-likeness (QED) is 0.431. The Hall–Kier alpha value is -2.84. The van der Waals surface area contributed by atoms with Crippen LogP contribution in [0, 0.1) is 5.92 Å². The molecule has 1 aromatic carbocycles. The maximum Gasteiger partial charge on any atom is 0.259 e. The topological polar surface area (TPSA) is 75.2 Å². The van der Waals surface area contributed by atoms with E-state index in [1.807, 2.05) is 42.3 Å². The third kappa shape index (κ3) is 6.07. The summed E-state index contributed by atoms with van der Waals surface area (Å²) in [7, 11) is 6.92. The molecule has 38 heavy (non-hydrogen) atoms. The van der Waals surface area contributed by atoms with Crippen LogP contribution in [0.15, 0.2) is 36.4 Å². The number of methoxy groups -OCH3 is 1. The van der Waals surface area contributed by atoms with Gasteiger partial charge in [-0.15, -0.1) is 0 Å². The molecule has 206 valence electrons. The van der Waals surface area contributed by atoms with Gasteiger partial charge < -0.3 is 24.2 Å². The molecule has 1 atom stereocenters. The molecule has 2 saturated heterocycles. The summed E-state index contributed by atoms with van der Waals surface area (Å²) < 4.78 is 11.5. The molecule has 0 aliphatic carbocycles. The number of aromatic nitrogens is 1. The fourth-order valence-corrected chi connectivity index (χ4v) is 5.74. The third-order valence-corrected chi connectivity index (χ3v) is 8.05. The minimum atomic E-state index is -0.921. The highest BCUT2D eigenvalue weighted by Crippen LogP contribution is 2.39. The van der Waals surface area contributed by atoms with Crippen LogP contribution in [0.2, 0.25) is 5.15 Å². The molecule has 3 heterocycles. The number of carbonyl (C=O) groups excluding carboxylic acids is 2. The van der Waals surface area contributed by atoms with E-state index in [2.05, 4.69) is 9.88 Å². The highest BCUT2D eigenvalue weighted by atomic mass is 35.5. The van der Waals surface area contributed by atoms with Gasteiger partial charge in [-0.25, -0.2) is 4.98 Å². The summed E-state index contributed by atoms with van der Waals surface area (Å²) in [6, 6.07) is 11.3. The largest absolute Gasteiger partial charge is 0.497 e. The molecule has 0 N–H and O–H groups in total. The van der Waals surface area contributed by atoms with Gasteiger partial charge in [0.15, 0.2) is 5.60 Å². The molecule has 0 radical (unpaired) electrons. The molecule has 0 bridgehead atoms. The molecule has 0 unspecified atom stereocenters. The number of nitrogens with zero attached hydrogens (tertiary/aromatic N) is 4. The molecular weight excluding hydrogens is 504 g/mol. The molecule has 8 nitrogen and oxygen atoms in total. The van der Waals surface area contributed by atoms with Gasteiger partial charge in [-0.1, -0.05) is 23.7 Å². The number of halogens is 1. The monoisotopic (exact) mass is 542 g/mol. The number of amides is 2. The summed E-state index contributed by atoms with van der Waals surface area (Å²) in [5, 5.41) is 0.244. The number of carbonyl (C=O) groups is 2. The zero-order valence-corrected chi connectivity index (χ0v) is 23.7. The Morgan fingerprint density at radius 1 is 1.18 bits per heavy atom. The van der Waals surface area contributed by atoms with Crippen molar-refractivity contribution in [2.75, 3.05) is 59.4 Å². The van der Waals surface area contributed by atoms with Crippen molar-refractivity contribution in [3.63, 3.8) is 0 Å². The fourth-order valence-electron chi connectivity index (χ4n) is 5.51. The van der Waals surface area contributed by atoms with E-state index in [0.29, 0.717) is 31.1 Å². The van der Waals surface area contributed by atoms with E-state index < -0.39 is 5.60 Å². The first-order chi connectivity index (χ1) is 18.2. The second-order valence-corrected chi connectivity index (χ2v) is 10.9. The van der Waals surface area contributed by atoms with Crippen LogP contribution in [0.1, 0.15) is 54.4 Å². The van der Waals surface area contributed by atoms with Crippen molar-refractivity contribution < 1.29 is 19.1 Å². The normalized spacial score (nSPS) is 19.9. The number of piperidine rings is 1. The lowest BCUT2D eigenvalue weighted by Crippen LogP contribution is -2.45. The number of hydrogen-bond acceptors (Lipinski definition) is 6. The van der Waals surface area contributed by atoms with E-state index in [-0.39, 0.29) is 17.0 Å². The Kier molecular flexibility index (Phi) is 9.15. The molecule has 2 fully saturated rings. The van der Waals surface area contributed by atoms with Crippen LogP contribution in [-0.4, -0.2) is 81.1 Å². The van der Waals surface area contributed by atoms with Crippen LogP contribution in [0.5, 0.6) is 5.75 Å². The molecule has 0 spiro atoms. The van der Waals surface area contributed by atoms with Crippen molar-refractivity contribution in [3.8, 4) is 5.75 Å². The number of benzene rings is 1. The number of hydrogen-bond donors (Lipinski definition) is 0. The Balaban J connectivity index is 1.27. The van der Waals surface area contributed by atoms with Gasteiger partial charge in [-0.3, -0.25) is 9.59 Å². The van der Waals surface area contributed by atoms with E-state index >= 15 is 0 Å². The van der Waals surface area contributed by atoms with Gasteiger partial charge in [0.2, 0.25) is 0 Å². The van der Waals surface area contributed by atoms with Crippen molar-refractivity contribution in [3.05, 3.63) is 52.7 Å². The summed E-state index contributed by atoms with van der Waals surface area (Å²) in [4.78, 5) is 35.9. The molecule has 2 aliphatic heterocycles. The summed E-state index contributed by atoms with van der Waals surface area (Å²) in [5.41, 5.74) is 0.367. The zero-order chi connectivity index (χ0) is 27.3. The van der Waals surface area contributed by atoms with Crippen LogP contribution >= 0.6 is 11.6 Å². The molecule has 2 aromatic rings. The predicted octanol–water partition coefficient (Wildman–Crippen LogP) is 4.61. The van der Waals surface area contributed by atoms with Crippen molar-refractivity contribution in [1.29, 1.82) is 0 Å². The number of ether oxygens (including phenoxy) is 2. The Morgan fingerprint density at radius 2 is 1.95 bits per heavy atom. The molecular formula is C29H39ClN4O4. The van der Waals surface area contributed by atoms with Gasteiger partial charge in [0.1, 0.15) is 16.7 Å². The number of likely N-dealkylation sites (N-methyl/N-ethyl adjacent to an activating group) is 1. The highest BCUT2D eigenvalue weighted by molar-refractivity contribution is 6.32. The Bertz CT molecular complexity index is 1130. The van der Waals surface area contributed by atoms with E-state index in [0.717, 1.165) is 62.3 Å². The van der Waals surface area contributed by atoms with Gasteiger partial charge in [0.05, 0.1) is 12.7 Å². The first-order valence-corrected chi connectivity index (χ1v) is 13.8. The minimum absolute atomic E-state index is 0.0252. The minimum Gasteiger partial charge on any atom is -0.497 e. The molecule has 1 aromatic heterocycles. The lowest BCUT2D eigenvalue weighted by molar-refractivity contribution is -0.153. The summed E-state index contributed by atoms with van der Waals surface area (Å²) >= 11 is 6.32. The van der Waals surface area contributed by atoms with Crippen LogP contribution < -0.4 is 9.64 Å². The third-order valence-electron chi connectivity index (χ3n) is 7.76. The van der Waals surface area contributed by atoms with Gasteiger partial charge in [0, 0.05) is 47.4 Å². The second-order valence-electron chi connectivity index (χ2n) is 10.5. The maximum absolute atomic E-state index is 13.6. The number of pyridine rings is 1. The Morgan fingerprint density at radius 3 is 2.58 bits per heavy atom. The van der Waals surface area contributed by atoms with Crippen LogP contribution in [0.4, 0.5) is 5.82 Å². The molecule has 4 rings (SSSR count). The number of anilines is 1. The average molecular weight is 543 g/mol. The predicted molar refractivity (Wildman–Crippen MR) is 149 cm³/mol. The van der Waals surface area contributed by atoms with E-state index in [4.69, 9.17) is 21.1 Å². The van der Waals surface area contributed by atoms with E-state index in [1.165, 1.54) is 4.90 Å². The van der Waals surface area contributed by atoms with Gasteiger partial charge in [-0.05, 0) is 74.3 Å². The lowest BCUT2D eigenvalue weighted by atomic mass is 9.88. The Labute approximate surface area is 230 Å². The molecule has 9 heteroatoms. The molecule has 0 saturated carbocycles. The standard InChI is InChI=1S/C29H39ClN4O4/c1-32(2)27(35)24-11-12-25(31-26(24)30)34-17-13-21(14-18-34)8-6-16-33(3)28(36)29(15-7-19-38-29)22-9-5-10-23(20-22)37-4/h5,9-12,20-21H,6-8,13-19H2,1-4H3/t29-/m0/s1. The fraction of sp³-hybridized carbons (Fsp3) is 0.552. The van der Waals surface area contributed by atoms with Gasteiger partial charge >= 0.3 is 0 Å². The smallest absolute Gasteiger partial charge is 0.259 e. The first kappa shape index (κ1) is 28.2. The van der Waals surface area contributed by atoms with Crippen molar-refractivity contribution >= 4 is 29.2 Å². The SMILES string of the molecule is COc1cccc([C@]2(C(=O)N(C)CCCC3CCN(c4ccc(C(=O)N(C)C)c(Cl)n4)CC3)CCCO2)c1. The lowest BCUT2D eigenvalue weighted by Gasteiger charge is -2.34. The van der Waals surface area contributed by atoms with Crippen LogP contribution in [-0.2, 0) is 15.1 Å². The van der Waals surface area contributed by atoms with Gasteiger partial charge in [-0.2, -0.15) is 0 Å². The van der Waals surface area contributed by atoms with Crippen molar-refractivity contribution in [1.82, 2.24) is 14.8 Å². The van der Waals surface area contributed by atoms with Crippen LogP contribution in [0.3, 0.4) is 0 Å². The maximum atomic E-state index is 13.6. The summed E-state index contributed by atoms with van der Waals surface area (Å²) in [6.07, 6.45) is 5.70. The average Bonchev–Trinajstić information content (AvgIpc) is 3.44. The van der Waals surface area contributed by atoms with E-state index in [9.17, 15) is 9.59 Å². The second kappa shape index (κ2) is 12.3. The summed E-state index contributed by atoms with van der Waals surface area (Å²) in [5.74, 6) is 2.03. The van der Waals surface area contributed by atoms with Crippen molar-refractivity contribution in [2.45, 2.75) is 44.1 Å².